The van der Waals surface area contributed by atoms with E-state index in [1.54, 1.807) is 11.8 Å². The third kappa shape index (κ3) is 7.14. The lowest BCUT2D eigenvalue weighted by molar-refractivity contribution is -0.143. The summed E-state index contributed by atoms with van der Waals surface area (Å²) in [5, 5.41) is 9.41. The van der Waals surface area contributed by atoms with Gasteiger partial charge in [0.25, 0.3) is 5.91 Å². The smallest absolute Gasteiger partial charge is 0.306 e. The van der Waals surface area contributed by atoms with Crippen molar-refractivity contribution in [2.75, 3.05) is 18.1 Å². The van der Waals surface area contributed by atoms with Crippen LogP contribution in [0.5, 0.6) is 0 Å². The Morgan fingerprint density at radius 3 is 2.13 bits per heavy atom. The molecule has 1 aliphatic rings. The molecule has 10 heteroatoms. The average molecular weight is 581 g/mol. The van der Waals surface area contributed by atoms with Crippen molar-refractivity contribution in [1.29, 1.82) is 0 Å². The van der Waals surface area contributed by atoms with Crippen molar-refractivity contribution in [3.63, 3.8) is 0 Å². The van der Waals surface area contributed by atoms with Crippen LogP contribution < -0.4 is 4.90 Å². The Kier molecular flexibility index (Phi) is 10.0. The summed E-state index contributed by atoms with van der Waals surface area (Å²) < 4.78 is 6.36. The molecule has 1 N–H and O–H groups in total. The minimum atomic E-state index is -2.01. The fourth-order valence-electron chi connectivity index (χ4n) is 4.69. The molecule has 208 valence electrons. The van der Waals surface area contributed by atoms with Gasteiger partial charge in [0.2, 0.25) is 0 Å². The molecule has 1 fully saturated rings. The molecule has 3 rings (SSSR count). The number of amides is 1. The number of anilines is 1. The molecule has 1 heterocycles. The summed E-state index contributed by atoms with van der Waals surface area (Å²) in [7, 11) is -2.01. The van der Waals surface area contributed by atoms with Crippen molar-refractivity contribution < 1.29 is 19.1 Å². The molecule has 1 atom stereocenters. The summed E-state index contributed by atoms with van der Waals surface area (Å²) in [6.45, 7) is 13.4. The first kappa shape index (κ1) is 30.5. The lowest BCUT2D eigenvalue weighted by Crippen LogP contribution is -2.43. The lowest BCUT2D eigenvalue weighted by Gasteiger charge is -2.37. The Bertz CT molecular complexity index is 1110. The topological polar surface area (TPSA) is 92.6 Å². The normalized spacial score (nSPS) is 19.2. The first-order valence-electron chi connectivity index (χ1n) is 13.2. The second kappa shape index (κ2) is 12.5. The highest BCUT2D eigenvalue weighted by atomic mass is 35.5. The standard InChI is InChI=1S/C28H39Cl2N3O4Si/c1-18(27(35)36)19-7-9-20(10-8-19)21-11-13-22(14-12-21)33(15-16-37-38(5,6)28(2,3)4)26(34)23-24(29)31-17-32-25(23)30/h11-14,17-20H,7-10,15-16H2,1-6H3,(H,35,36). The van der Waals surface area contributed by atoms with Crippen LogP contribution in [0.3, 0.4) is 0 Å². The van der Waals surface area contributed by atoms with Gasteiger partial charge in [-0.2, -0.15) is 0 Å². The van der Waals surface area contributed by atoms with E-state index >= 15 is 0 Å². The number of halogens is 2. The number of aromatic nitrogens is 2. The number of nitrogens with zero attached hydrogens (tertiary/aromatic N) is 3. The highest BCUT2D eigenvalue weighted by Gasteiger charge is 2.37. The number of carbonyl (C=O) groups is 2. The fraction of sp³-hybridized carbons (Fsp3) is 0.571. The van der Waals surface area contributed by atoms with E-state index < -0.39 is 14.3 Å². The molecule has 1 saturated carbocycles. The molecule has 1 amide bonds. The van der Waals surface area contributed by atoms with Gasteiger partial charge in [-0.15, -0.1) is 0 Å². The van der Waals surface area contributed by atoms with Gasteiger partial charge >= 0.3 is 5.97 Å². The molecule has 0 aliphatic heterocycles. The fourth-order valence-corrected chi connectivity index (χ4v) is 6.20. The number of rotatable bonds is 9. The van der Waals surface area contributed by atoms with Crippen LogP contribution in [-0.4, -0.2) is 48.4 Å². The Balaban J connectivity index is 1.80. The van der Waals surface area contributed by atoms with Gasteiger partial charge in [-0.05, 0) is 73.3 Å². The van der Waals surface area contributed by atoms with E-state index in [4.69, 9.17) is 27.6 Å². The van der Waals surface area contributed by atoms with Gasteiger partial charge in [0.15, 0.2) is 8.32 Å². The summed E-state index contributed by atoms with van der Waals surface area (Å²) in [5.74, 6) is -0.815. The first-order valence-corrected chi connectivity index (χ1v) is 16.8. The number of aliphatic carboxylic acids is 1. The van der Waals surface area contributed by atoms with E-state index in [9.17, 15) is 14.7 Å². The average Bonchev–Trinajstić information content (AvgIpc) is 2.85. The Morgan fingerprint density at radius 2 is 1.63 bits per heavy atom. The van der Waals surface area contributed by atoms with E-state index in [1.165, 1.54) is 11.9 Å². The third-order valence-corrected chi connectivity index (χ3v) is 13.5. The second-order valence-corrected chi connectivity index (χ2v) is 17.3. The van der Waals surface area contributed by atoms with Crippen molar-refractivity contribution >= 4 is 49.1 Å². The van der Waals surface area contributed by atoms with E-state index in [0.717, 1.165) is 25.7 Å². The molecule has 0 radical (unpaired) electrons. The zero-order valence-electron chi connectivity index (χ0n) is 23.1. The highest BCUT2D eigenvalue weighted by Crippen LogP contribution is 2.40. The van der Waals surface area contributed by atoms with Crippen LogP contribution in [0.15, 0.2) is 30.6 Å². The van der Waals surface area contributed by atoms with Gasteiger partial charge in [0.1, 0.15) is 22.2 Å². The van der Waals surface area contributed by atoms with Crippen LogP contribution in [0.2, 0.25) is 28.4 Å². The van der Waals surface area contributed by atoms with Gasteiger partial charge in [-0.3, -0.25) is 9.59 Å². The quantitative estimate of drug-likeness (QED) is 0.245. The lowest BCUT2D eigenvalue weighted by atomic mass is 9.74. The predicted octanol–water partition coefficient (Wildman–Crippen LogP) is 7.45. The molecule has 0 spiro atoms. The number of carboxylic acid groups (broad SMARTS) is 1. The Labute approximate surface area is 237 Å². The maximum atomic E-state index is 13.7. The highest BCUT2D eigenvalue weighted by molar-refractivity contribution is 6.74. The summed E-state index contributed by atoms with van der Waals surface area (Å²) in [6.07, 6.45) is 4.95. The molecule has 0 bridgehead atoms. The molecule has 7 nitrogen and oxygen atoms in total. The molecule has 1 aliphatic carbocycles. The summed E-state index contributed by atoms with van der Waals surface area (Å²) in [6, 6.07) is 8.00. The maximum Gasteiger partial charge on any atom is 0.306 e. The summed E-state index contributed by atoms with van der Waals surface area (Å²) in [4.78, 5) is 34.6. The van der Waals surface area contributed by atoms with Gasteiger partial charge in [-0.1, -0.05) is 63.0 Å². The maximum absolute atomic E-state index is 13.7. The number of benzene rings is 1. The molecular weight excluding hydrogens is 541 g/mol. The summed E-state index contributed by atoms with van der Waals surface area (Å²) in [5.41, 5.74) is 1.97. The summed E-state index contributed by atoms with van der Waals surface area (Å²) >= 11 is 12.5. The van der Waals surface area contributed by atoms with Crippen molar-refractivity contribution in [1.82, 2.24) is 9.97 Å². The largest absolute Gasteiger partial charge is 0.481 e. The molecular formula is C28H39Cl2N3O4Si. The van der Waals surface area contributed by atoms with Crippen molar-refractivity contribution in [3.8, 4) is 0 Å². The van der Waals surface area contributed by atoms with Crippen molar-refractivity contribution in [2.45, 2.75) is 77.4 Å². The van der Waals surface area contributed by atoms with E-state index in [2.05, 4.69) is 56.0 Å². The van der Waals surface area contributed by atoms with E-state index in [1.807, 2.05) is 12.1 Å². The minimum absolute atomic E-state index is 0.00860. The molecule has 0 saturated heterocycles. The van der Waals surface area contributed by atoms with Crippen LogP contribution in [0.25, 0.3) is 0 Å². The van der Waals surface area contributed by atoms with Crippen LogP contribution in [-0.2, 0) is 9.22 Å². The van der Waals surface area contributed by atoms with Crippen molar-refractivity contribution in [2.24, 2.45) is 11.8 Å². The van der Waals surface area contributed by atoms with Gasteiger partial charge in [0.05, 0.1) is 12.5 Å². The van der Waals surface area contributed by atoms with Gasteiger partial charge in [0, 0.05) is 12.2 Å². The SMILES string of the molecule is CC(C(=O)O)C1CCC(c2ccc(N(CCO[Si](C)(C)C(C)(C)C)C(=O)c3c(Cl)ncnc3Cl)cc2)CC1. The minimum Gasteiger partial charge on any atom is -0.481 e. The number of hydrogen-bond acceptors (Lipinski definition) is 5. The van der Waals surface area contributed by atoms with Crippen LogP contribution in [0.4, 0.5) is 5.69 Å². The second-order valence-electron chi connectivity index (χ2n) is 11.7. The monoisotopic (exact) mass is 579 g/mol. The number of carbonyl (C=O) groups excluding carboxylic acids is 1. The molecule has 1 unspecified atom stereocenters. The first-order chi connectivity index (χ1) is 17.7. The Morgan fingerprint density at radius 1 is 1.08 bits per heavy atom. The van der Waals surface area contributed by atoms with Gasteiger partial charge < -0.3 is 14.4 Å². The number of carboxylic acids is 1. The van der Waals surface area contributed by atoms with Crippen LogP contribution in [0, 0.1) is 11.8 Å². The van der Waals surface area contributed by atoms with Gasteiger partial charge in [-0.25, -0.2) is 9.97 Å². The molecule has 1 aromatic carbocycles. The van der Waals surface area contributed by atoms with Crippen LogP contribution in [0.1, 0.15) is 75.2 Å². The van der Waals surface area contributed by atoms with E-state index in [0.29, 0.717) is 24.8 Å². The zero-order chi connectivity index (χ0) is 28.3. The van der Waals surface area contributed by atoms with E-state index in [-0.39, 0.29) is 38.7 Å². The predicted molar refractivity (Wildman–Crippen MR) is 155 cm³/mol. The molecule has 38 heavy (non-hydrogen) atoms. The molecule has 2 aromatic rings. The third-order valence-electron chi connectivity index (χ3n) is 8.34. The van der Waals surface area contributed by atoms with Crippen LogP contribution >= 0.6 is 23.2 Å². The zero-order valence-corrected chi connectivity index (χ0v) is 25.6. The van der Waals surface area contributed by atoms with Crippen molar-refractivity contribution in [3.05, 3.63) is 52.0 Å². The molecule has 1 aromatic heterocycles. The Hall–Kier alpha value is -2.00. The number of hydrogen-bond donors (Lipinski definition) is 1.